The quantitative estimate of drug-likeness (QED) is 0.628. The van der Waals surface area contributed by atoms with Crippen molar-refractivity contribution in [3.63, 3.8) is 0 Å². The summed E-state index contributed by atoms with van der Waals surface area (Å²) in [7, 11) is 3.19. The van der Waals surface area contributed by atoms with Gasteiger partial charge < -0.3 is 19.4 Å². The van der Waals surface area contributed by atoms with Gasteiger partial charge in [-0.3, -0.25) is 4.79 Å². The first-order valence-electron chi connectivity index (χ1n) is 9.74. The van der Waals surface area contributed by atoms with Crippen LogP contribution >= 0.6 is 0 Å². The molecule has 5 nitrogen and oxygen atoms in total. The number of carbonyl (C=O) groups is 1. The molecule has 30 heavy (non-hydrogen) atoms. The second-order valence-corrected chi connectivity index (χ2v) is 7.10. The van der Waals surface area contributed by atoms with Gasteiger partial charge in [-0.05, 0) is 54.5 Å². The molecule has 3 aromatic rings. The summed E-state index contributed by atoms with van der Waals surface area (Å²) in [5.41, 5.74) is 3.79. The van der Waals surface area contributed by atoms with Crippen LogP contribution in [-0.4, -0.2) is 43.1 Å². The second-order valence-electron chi connectivity index (χ2n) is 7.10. The standard InChI is InChI=1S/C24H23FN2O3/c1-29-19-5-7-23(30-2)17(13-19)3-8-24(28)27-11-9-16(10-12-27)21-15-26-22-14-18(25)4-6-20(21)22/h3-9,13-15,26H,10-12H2,1-2H3/b8-3+. The first-order chi connectivity index (χ1) is 14.6. The number of aromatic nitrogens is 1. The highest BCUT2D eigenvalue weighted by molar-refractivity contribution is 5.95. The smallest absolute Gasteiger partial charge is 0.246 e. The fourth-order valence-corrected chi connectivity index (χ4v) is 3.71. The van der Waals surface area contributed by atoms with Crippen molar-refractivity contribution in [1.29, 1.82) is 0 Å². The topological polar surface area (TPSA) is 54.6 Å². The van der Waals surface area contributed by atoms with Crippen LogP contribution < -0.4 is 9.47 Å². The number of halogens is 1. The fraction of sp³-hybridized carbons (Fsp3) is 0.208. The van der Waals surface area contributed by atoms with Crippen LogP contribution in [0.5, 0.6) is 11.5 Å². The SMILES string of the molecule is COc1ccc(OC)c(/C=C/C(=O)N2CC=C(c3c[nH]c4cc(F)ccc34)CC2)c1. The van der Waals surface area contributed by atoms with Crippen LogP contribution in [0.25, 0.3) is 22.6 Å². The molecule has 0 fully saturated rings. The number of hydrogen-bond donors (Lipinski definition) is 1. The Morgan fingerprint density at radius 2 is 2.03 bits per heavy atom. The zero-order valence-electron chi connectivity index (χ0n) is 16.9. The van der Waals surface area contributed by atoms with Crippen LogP contribution in [0.15, 0.2) is 54.7 Å². The van der Waals surface area contributed by atoms with E-state index in [0.717, 1.165) is 34.0 Å². The van der Waals surface area contributed by atoms with Gasteiger partial charge in [-0.1, -0.05) is 6.08 Å². The monoisotopic (exact) mass is 406 g/mol. The Morgan fingerprint density at radius 1 is 1.17 bits per heavy atom. The number of H-pyrrole nitrogens is 1. The molecule has 0 aliphatic carbocycles. The molecule has 0 saturated heterocycles. The summed E-state index contributed by atoms with van der Waals surface area (Å²) in [6.45, 7) is 1.15. The average Bonchev–Trinajstić information content (AvgIpc) is 3.20. The number of benzene rings is 2. The zero-order valence-corrected chi connectivity index (χ0v) is 16.9. The summed E-state index contributed by atoms with van der Waals surface area (Å²) in [5.74, 6) is 1.06. The molecular formula is C24H23FN2O3. The van der Waals surface area contributed by atoms with Gasteiger partial charge in [0.1, 0.15) is 17.3 Å². The Morgan fingerprint density at radius 3 is 2.77 bits per heavy atom. The molecule has 1 amide bonds. The maximum absolute atomic E-state index is 13.4. The molecule has 0 saturated carbocycles. The normalized spacial score (nSPS) is 14.2. The van der Waals surface area contributed by atoms with E-state index in [1.807, 2.05) is 24.4 Å². The van der Waals surface area contributed by atoms with Crippen molar-refractivity contribution in [3.05, 3.63) is 71.7 Å². The van der Waals surface area contributed by atoms with Crippen molar-refractivity contribution < 1.29 is 18.7 Å². The summed E-state index contributed by atoms with van der Waals surface area (Å²) in [4.78, 5) is 17.6. The van der Waals surface area contributed by atoms with Crippen molar-refractivity contribution >= 4 is 28.5 Å². The molecule has 1 aromatic heterocycles. The van der Waals surface area contributed by atoms with Crippen LogP contribution in [-0.2, 0) is 4.79 Å². The van der Waals surface area contributed by atoms with Crippen LogP contribution in [0.2, 0.25) is 0 Å². The van der Waals surface area contributed by atoms with E-state index in [0.29, 0.717) is 24.6 Å². The Labute approximate surface area is 174 Å². The van der Waals surface area contributed by atoms with Crippen LogP contribution in [0.4, 0.5) is 4.39 Å². The van der Waals surface area contributed by atoms with Crippen LogP contribution in [0, 0.1) is 5.82 Å². The van der Waals surface area contributed by atoms with Gasteiger partial charge in [0.2, 0.25) is 5.91 Å². The summed E-state index contributed by atoms with van der Waals surface area (Å²) < 4.78 is 24.0. The minimum atomic E-state index is -0.259. The summed E-state index contributed by atoms with van der Waals surface area (Å²) >= 11 is 0. The van der Waals surface area contributed by atoms with Crippen molar-refractivity contribution in [3.8, 4) is 11.5 Å². The Balaban J connectivity index is 1.47. The number of nitrogens with zero attached hydrogens (tertiary/aromatic N) is 1. The second kappa shape index (κ2) is 8.45. The third-order valence-electron chi connectivity index (χ3n) is 5.35. The van der Waals surface area contributed by atoms with Crippen molar-refractivity contribution in [2.75, 3.05) is 27.3 Å². The van der Waals surface area contributed by atoms with E-state index in [2.05, 4.69) is 11.1 Å². The number of fused-ring (bicyclic) bond motifs is 1. The van der Waals surface area contributed by atoms with E-state index in [-0.39, 0.29) is 11.7 Å². The van der Waals surface area contributed by atoms with Gasteiger partial charge in [0, 0.05) is 47.4 Å². The largest absolute Gasteiger partial charge is 0.497 e. The van der Waals surface area contributed by atoms with Gasteiger partial charge in [0.05, 0.1) is 14.2 Å². The minimum Gasteiger partial charge on any atom is -0.497 e. The van der Waals surface area contributed by atoms with E-state index >= 15 is 0 Å². The van der Waals surface area contributed by atoms with Crippen molar-refractivity contribution in [2.45, 2.75) is 6.42 Å². The molecule has 1 aliphatic rings. The third-order valence-corrected chi connectivity index (χ3v) is 5.35. The third kappa shape index (κ3) is 3.94. The molecule has 0 spiro atoms. The molecule has 4 rings (SSSR count). The molecule has 0 radical (unpaired) electrons. The van der Waals surface area contributed by atoms with Gasteiger partial charge >= 0.3 is 0 Å². The predicted molar refractivity (Wildman–Crippen MR) is 116 cm³/mol. The fourth-order valence-electron chi connectivity index (χ4n) is 3.71. The number of amides is 1. The van der Waals surface area contributed by atoms with Crippen LogP contribution in [0.1, 0.15) is 17.5 Å². The molecule has 2 heterocycles. The van der Waals surface area contributed by atoms with Crippen molar-refractivity contribution in [1.82, 2.24) is 9.88 Å². The molecule has 154 valence electrons. The Kier molecular flexibility index (Phi) is 5.57. The lowest BCUT2D eigenvalue weighted by atomic mass is 9.99. The number of hydrogen-bond acceptors (Lipinski definition) is 3. The molecule has 2 aromatic carbocycles. The van der Waals surface area contributed by atoms with Gasteiger partial charge in [-0.25, -0.2) is 4.39 Å². The molecule has 0 unspecified atom stereocenters. The van der Waals surface area contributed by atoms with E-state index < -0.39 is 0 Å². The number of carbonyl (C=O) groups excluding carboxylic acids is 1. The maximum atomic E-state index is 13.4. The highest BCUT2D eigenvalue weighted by Crippen LogP contribution is 2.30. The zero-order chi connectivity index (χ0) is 21.1. The maximum Gasteiger partial charge on any atom is 0.246 e. The Hall–Kier alpha value is -3.54. The number of ether oxygens (including phenoxy) is 2. The van der Waals surface area contributed by atoms with E-state index in [1.165, 1.54) is 12.1 Å². The number of aromatic amines is 1. The summed E-state index contributed by atoms with van der Waals surface area (Å²) in [6, 6.07) is 10.2. The average molecular weight is 406 g/mol. The molecular weight excluding hydrogens is 383 g/mol. The van der Waals surface area contributed by atoms with E-state index in [9.17, 15) is 9.18 Å². The van der Waals surface area contributed by atoms with Gasteiger partial charge in [0.15, 0.2) is 0 Å². The molecule has 0 atom stereocenters. The van der Waals surface area contributed by atoms with Gasteiger partial charge in [-0.15, -0.1) is 0 Å². The van der Waals surface area contributed by atoms with E-state index in [1.54, 1.807) is 37.3 Å². The van der Waals surface area contributed by atoms with E-state index in [4.69, 9.17) is 9.47 Å². The number of nitrogens with one attached hydrogen (secondary N) is 1. The van der Waals surface area contributed by atoms with Gasteiger partial charge in [-0.2, -0.15) is 0 Å². The first-order valence-corrected chi connectivity index (χ1v) is 9.74. The first kappa shape index (κ1) is 19.8. The molecule has 6 heteroatoms. The molecule has 0 bridgehead atoms. The lowest BCUT2D eigenvalue weighted by Crippen LogP contribution is -2.33. The molecule has 1 aliphatic heterocycles. The summed E-state index contributed by atoms with van der Waals surface area (Å²) in [5, 5.41) is 0.993. The number of rotatable bonds is 5. The lowest BCUT2D eigenvalue weighted by Gasteiger charge is -2.25. The molecule has 1 N–H and O–H groups in total. The summed E-state index contributed by atoms with van der Waals surface area (Å²) in [6.07, 6.45) is 8.02. The van der Waals surface area contributed by atoms with Gasteiger partial charge in [0.25, 0.3) is 0 Å². The van der Waals surface area contributed by atoms with Crippen LogP contribution in [0.3, 0.4) is 0 Å². The van der Waals surface area contributed by atoms with Crippen molar-refractivity contribution in [2.24, 2.45) is 0 Å². The number of methoxy groups -OCH3 is 2. The lowest BCUT2D eigenvalue weighted by molar-refractivity contribution is -0.125. The predicted octanol–water partition coefficient (Wildman–Crippen LogP) is 4.65. The minimum absolute atomic E-state index is 0.0591. The Bertz CT molecular complexity index is 1150. The highest BCUT2D eigenvalue weighted by Gasteiger charge is 2.18. The highest BCUT2D eigenvalue weighted by atomic mass is 19.1.